The van der Waals surface area contributed by atoms with Crippen molar-refractivity contribution >= 4 is 11.9 Å². The van der Waals surface area contributed by atoms with E-state index in [0.29, 0.717) is 12.1 Å². The first kappa shape index (κ1) is 21.8. The molecule has 0 spiro atoms. The summed E-state index contributed by atoms with van der Waals surface area (Å²) in [7, 11) is 1.86. The molecule has 3 heterocycles. The molecule has 3 rings (SSSR count). The van der Waals surface area contributed by atoms with E-state index in [1.165, 1.54) is 25.9 Å². The molecule has 1 aromatic heterocycles. The van der Waals surface area contributed by atoms with Crippen LogP contribution in [0.3, 0.4) is 0 Å². The SMILES string of the molecule is CN=C(NCCCN1CCN(c2ncccn2)CC1)NC1CCN(C(C)C)CC1. The first-order chi connectivity index (χ1) is 14.2. The number of likely N-dealkylation sites (tertiary alicyclic amines) is 1. The maximum atomic E-state index is 4.41. The molecule has 29 heavy (non-hydrogen) atoms. The number of aromatic nitrogens is 2. The molecule has 0 radical (unpaired) electrons. The number of nitrogens with zero attached hydrogens (tertiary/aromatic N) is 6. The number of anilines is 1. The van der Waals surface area contributed by atoms with Crippen molar-refractivity contribution in [3.63, 3.8) is 0 Å². The molecular formula is C21H38N8. The molecule has 0 aromatic carbocycles. The third kappa shape index (κ3) is 6.82. The second-order valence-electron chi connectivity index (χ2n) is 8.28. The average Bonchev–Trinajstić information content (AvgIpc) is 2.77. The van der Waals surface area contributed by atoms with Gasteiger partial charge in [-0.15, -0.1) is 0 Å². The number of nitrogens with one attached hydrogen (secondary N) is 2. The highest BCUT2D eigenvalue weighted by Crippen LogP contribution is 2.13. The molecule has 2 fully saturated rings. The van der Waals surface area contributed by atoms with E-state index in [-0.39, 0.29) is 0 Å². The Bertz CT molecular complexity index is 604. The highest BCUT2D eigenvalue weighted by atomic mass is 15.3. The van der Waals surface area contributed by atoms with Crippen LogP contribution in [0.1, 0.15) is 33.1 Å². The number of hydrogen-bond acceptors (Lipinski definition) is 6. The van der Waals surface area contributed by atoms with Gasteiger partial charge in [-0.1, -0.05) is 0 Å². The molecule has 2 saturated heterocycles. The smallest absolute Gasteiger partial charge is 0.225 e. The van der Waals surface area contributed by atoms with E-state index in [4.69, 9.17) is 0 Å². The number of guanidine groups is 1. The quantitative estimate of drug-likeness (QED) is 0.401. The van der Waals surface area contributed by atoms with Gasteiger partial charge >= 0.3 is 0 Å². The van der Waals surface area contributed by atoms with E-state index in [9.17, 15) is 0 Å². The van der Waals surface area contributed by atoms with Crippen molar-refractivity contribution < 1.29 is 0 Å². The van der Waals surface area contributed by atoms with E-state index in [0.717, 1.165) is 57.6 Å². The van der Waals surface area contributed by atoms with Crippen molar-refractivity contribution in [3.8, 4) is 0 Å². The van der Waals surface area contributed by atoms with Crippen molar-refractivity contribution in [2.45, 2.75) is 45.2 Å². The summed E-state index contributed by atoms with van der Waals surface area (Å²) in [4.78, 5) is 20.5. The number of rotatable bonds is 7. The maximum absolute atomic E-state index is 4.41. The van der Waals surface area contributed by atoms with E-state index >= 15 is 0 Å². The molecule has 0 unspecified atom stereocenters. The van der Waals surface area contributed by atoms with Crippen LogP contribution in [0.2, 0.25) is 0 Å². The molecule has 0 amide bonds. The molecule has 162 valence electrons. The largest absolute Gasteiger partial charge is 0.356 e. The Hall–Kier alpha value is -1.93. The normalized spacial score (nSPS) is 20.3. The second-order valence-corrected chi connectivity index (χ2v) is 8.28. The van der Waals surface area contributed by atoms with Gasteiger partial charge in [0, 0.05) is 77.3 Å². The average molecular weight is 403 g/mol. The van der Waals surface area contributed by atoms with E-state index < -0.39 is 0 Å². The molecule has 2 aliphatic heterocycles. The fourth-order valence-electron chi connectivity index (χ4n) is 4.08. The highest BCUT2D eigenvalue weighted by Gasteiger charge is 2.21. The molecular weight excluding hydrogens is 364 g/mol. The minimum Gasteiger partial charge on any atom is -0.356 e. The second kappa shape index (κ2) is 11.3. The monoisotopic (exact) mass is 402 g/mol. The highest BCUT2D eigenvalue weighted by molar-refractivity contribution is 5.79. The molecule has 1 aromatic rings. The number of piperazine rings is 1. The Morgan fingerprint density at radius 1 is 1.10 bits per heavy atom. The Morgan fingerprint density at radius 2 is 1.79 bits per heavy atom. The molecule has 8 nitrogen and oxygen atoms in total. The molecule has 0 atom stereocenters. The summed E-state index contributed by atoms with van der Waals surface area (Å²) < 4.78 is 0. The van der Waals surface area contributed by atoms with Crippen molar-refractivity contribution in [1.29, 1.82) is 0 Å². The first-order valence-electron chi connectivity index (χ1n) is 11.1. The summed E-state index contributed by atoms with van der Waals surface area (Å²) in [6.45, 7) is 13.1. The van der Waals surface area contributed by atoms with E-state index in [1.54, 1.807) is 0 Å². The van der Waals surface area contributed by atoms with Gasteiger partial charge in [-0.05, 0) is 45.7 Å². The van der Waals surface area contributed by atoms with Crippen LogP contribution >= 0.6 is 0 Å². The van der Waals surface area contributed by atoms with Crippen LogP contribution in [0.5, 0.6) is 0 Å². The summed E-state index contributed by atoms with van der Waals surface area (Å²) >= 11 is 0. The van der Waals surface area contributed by atoms with Gasteiger partial charge in [0.25, 0.3) is 0 Å². The molecule has 0 bridgehead atoms. The van der Waals surface area contributed by atoms with Crippen molar-refractivity contribution in [1.82, 2.24) is 30.4 Å². The minimum atomic E-state index is 0.532. The summed E-state index contributed by atoms with van der Waals surface area (Å²) in [6.07, 6.45) is 7.13. The van der Waals surface area contributed by atoms with Gasteiger partial charge in [0.05, 0.1) is 0 Å². The van der Waals surface area contributed by atoms with E-state index in [1.807, 2.05) is 25.5 Å². The van der Waals surface area contributed by atoms with Gasteiger partial charge in [-0.25, -0.2) is 9.97 Å². The third-order valence-corrected chi connectivity index (χ3v) is 5.98. The molecule has 0 saturated carbocycles. The number of hydrogen-bond donors (Lipinski definition) is 2. The van der Waals surface area contributed by atoms with Crippen LogP contribution in [-0.4, -0.2) is 97.2 Å². The van der Waals surface area contributed by atoms with Gasteiger partial charge in [0.15, 0.2) is 5.96 Å². The zero-order chi connectivity index (χ0) is 20.5. The van der Waals surface area contributed by atoms with Crippen molar-refractivity contribution in [2.24, 2.45) is 4.99 Å². The lowest BCUT2D eigenvalue weighted by Crippen LogP contribution is -2.50. The van der Waals surface area contributed by atoms with Crippen molar-refractivity contribution in [2.75, 3.05) is 64.3 Å². The van der Waals surface area contributed by atoms with Gasteiger partial charge < -0.3 is 20.4 Å². The van der Waals surface area contributed by atoms with Gasteiger partial charge in [0.2, 0.25) is 5.95 Å². The zero-order valence-electron chi connectivity index (χ0n) is 18.3. The zero-order valence-corrected chi connectivity index (χ0v) is 18.3. The lowest BCUT2D eigenvalue weighted by atomic mass is 10.0. The minimum absolute atomic E-state index is 0.532. The van der Waals surface area contributed by atoms with Crippen LogP contribution in [0.25, 0.3) is 0 Å². The van der Waals surface area contributed by atoms with Crippen LogP contribution in [0.4, 0.5) is 5.95 Å². The Kier molecular flexibility index (Phi) is 8.49. The molecule has 2 aliphatic rings. The van der Waals surface area contributed by atoms with Crippen LogP contribution < -0.4 is 15.5 Å². The first-order valence-corrected chi connectivity index (χ1v) is 11.1. The molecule has 0 aliphatic carbocycles. The number of aliphatic imine (C=N–C) groups is 1. The predicted octanol–water partition coefficient (Wildman–Crippen LogP) is 1.03. The van der Waals surface area contributed by atoms with Crippen molar-refractivity contribution in [3.05, 3.63) is 18.5 Å². The Morgan fingerprint density at radius 3 is 2.41 bits per heavy atom. The lowest BCUT2D eigenvalue weighted by molar-refractivity contribution is 0.167. The Labute approximate surface area is 175 Å². The summed E-state index contributed by atoms with van der Waals surface area (Å²) in [5, 5.41) is 7.10. The Balaban J connectivity index is 1.28. The van der Waals surface area contributed by atoms with Gasteiger partial charge in [-0.2, -0.15) is 0 Å². The maximum Gasteiger partial charge on any atom is 0.225 e. The predicted molar refractivity (Wildman–Crippen MR) is 120 cm³/mol. The topological polar surface area (TPSA) is 71.9 Å². The standard InChI is InChI=1S/C21H38N8/c1-18(2)28-12-6-19(7-13-28)26-20(22-3)23-10-5-11-27-14-16-29(17-15-27)21-24-8-4-9-25-21/h4,8-9,18-19H,5-7,10-17H2,1-3H3,(H2,22,23,26). The van der Waals surface area contributed by atoms with Crippen LogP contribution in [-0.2, 0) is 0 Å². The van der Waals surface area contributed by atoms with Crippen LogP contribution in [0, 0.1) is 0 Å². The third-order valence-electron chi connectivity index (χ3n) is 5.98. The molecule has 2 N–H and O–H groups in total. The lowest BCUT2D eigenvalue weighted by Gasteiger charge is -2.35. The fourth-order valence-corrected chi connectivity index (χ4v) is 4.08. The summed E-state index contributed by atoms with van der Waals surface area (Å²) in [6, 6.07) is 3.05. The fraction of sp³-hybridized carbons (Fsp3) is 0.762. The molecule has 8 heteroatoms. The van der Waals surface area contributed by atoms with Gasteiger partial charge in [0.1, 0.15) is 0 Å². The number of piperidine rings is 1. The van der Waals surface area contributed by atoms with Gasteiger partial charge in [-0.3, -0.25) is 9.89 Å². The van der Waals surface area contributed by atoms with E-state index in [2.05, 4.69) is 54.1 Å². The summed E-state index contributed by atoms with van der Waals surface area (Å²) in [5.74, 6) is 1.79. The summed E-state index contributed by atoms with van der Waals surface area (Å²) in [5.41, 5.74) is 0. The van der Waals surface area contributed by atoms with Crippen LogP contribution in [0.15, 0.2) is 23.5 Å².